The lowest BCUT2D eigenvalue weighted by atomic mass is 10.0. The monoisotopic (exact) mass is 382 g/mol. The molecule has 0 radical (unpaired) electrons. The van der Waals surface area contributed by atoms with Gasteiger partial charge in [-0.15, -0.1) is 0 Å². The van der Waals surface area contributed by atoms with Gasteiger partial charge in [-0.05, 0) is 36.1 Å². The van der Waals surface area contributed by atoms with Gasteiger partial charge < -0.3 is 15.7 Å². The number of hydrogen-bond donors (Lipinski definition) is 3. The number of carbonyl (C=O) groups is 3. The molecule has 0 saturated heterocycles. The maximum absolute atomic E-state index is 12.8. The molecule has 0 aliphatic rings. The van der Waals surface area contributed by atoms with Gasteiger partial charge in [0.2, 0.25) is 5.91 Å². The molecular weight excluding hydrogens is 356 g/mol. The molecule has 2 amide bonds. The van der Waals surface area contributed by atoms with E-state index in [9.17, 15) is 14.4 Å². The lowest BCUT2D eigenvalue weighted by molar-refractivity contribution is -0.138. The van der Waals surface area contributed by atoms with Crippen molar-refractivity contribution in [2.75, 3.05) is 5.32 Å². The summed E-state index contributed by atoms with van der Waals surface area (Å²) in [6.07, 6.45) is 0.332. The fraction of sp³-hybridized carbons (Fsp3) is 0.318. The summed E-state index contributed by atoms with van der Waals surface area (Å²) < 4.78 is 0. The highest BCUT2D eigenvalue weighted by molar-refractivity contribution is 5.98. The first-order valence-electron chi connectivity index (χ1n) is 9.26. The average molecular weight is 382 g/mol. The van der Waals surface area contributed by atoms with Gasteiger partial charge in [-0.1, -0.05) is 56.3 Å². The van der Waals surface area contributed by atoms with Crippen molar-refractivity contribution in [2.24, 2.45) is 5.92 Å². The van der Waals surface area contributed by atoms with Gasteiger partial charge in [0.05, 0.1) is 5.92 Å². The molecule has 0 fully saturated rings. The Morgan fingerprint density at radius 3 is 2.04 bits per heavy atom. The van der Waals surface area contributed by atoms with E-state index >= 15 is 0 Å². The van der Waals surface area contributed by atoms with E-state index in [1.54, 1.807) is 43.3 Å². The zero-order chi connectivity index (χ0) is 20.7. The lowest BCUT2D eigenvalue weighted by Crippen LogP contribution is -2.37. The van der Waals surface area contributed by atoms with Crippen LogP contribution >= 0.6 is 0 Å². The Labute approximate surface area is 165 Å². The average Bonchev–Trinajstić information content (AvgIpc) is 2.66. The minimum Gasteiger partial charge on any atom is -0.481 e. The molecule has 2 unspecified atom stereocenters. The van der Waals surface area contributed by atoms with Crippen molar-refractivity contribution >= 4 is 23.5 Å². The largest absolute Gasteiger partial charge is 0.481 e. The third-order valence-corrected chi connectivity index (χ3v) is 4.34. The van der Waals surface area contributed by atoms with E-state index in [1.165, 1.54) is 0 Å². The summed E-state index contributed by atoms with van der Waals surface area (Å²) in [4.78, 5) is 36.1. The second kappa shape index (κ2) is 9.69. The second-order valence-electron chi connectivity index (χ2n) is 7.18. The van der Waals surface area contributed by atoms with Crippen molar-refractivity contribution in [1.82, 2.24) is 5.32 Å². The minimum absolute atomic E-state index is 0.184. The molecule has 3 N–H and O–H groups in total. The Morgan fingerprint density at radius 2 is 1.50 bits per heavy atom. The SMILES string of the molecule is CC(C)CC(=O)NC(C(=O)Nc1ccc(C(C)C(=O)O)cc1)c1ccccc1. The van der Waals surface area contributed by atoms with E-state index in [-0.39, 0.29) is 17.7 Å². The lowest BCUT2D eigenvalue weighted by Gasteiger charge is -2.20. The van der Waals surface area contributed by atoms with Gasteiger partial charge in [0.25, 0.3) is 5.91 Å². The highest BCUT2D eigenvalue weighted by Crippen LogP contribution is 2.20. The number of anilines is 1. The van der Waals surface area contributed by atoms with Gasteiger partial charge in [0.1, 0.15) is 6.04 Å². The molecule has 2 aromatic carbocycles. The van der Waals surface area contributed by atoms with Crippen molar-refractivity contribution in [2.45, 2.75) is 39.2 Å². The molecule has 2 rings (SSSR count). The van der Waals surface area contributed by atoms with Crippen LogP contribution in [0.25, 0.3) is 0 Å². The number of amides is 2. The standard InChI is InChI=1S/C22H26N2O4/c1-14(2)13-19(25)24-20(17-7-5-4-6-8-17)21(26)23-18-11-9-16(10-12-18)15(3)22(27)28/h4-12,14-15,20H,13H2,1-3H3,(H,23,26)(H,24,25)(H,27,28). The van der Waals surface area contributed by atoms with Crippen LogP contribution in [0.3, 0.4) is 0 Å². The molecule has 2 atom stereocenters. The zero-order valence-electron chi connectivity index (χ0n) is 16.3. The van der Waals surface area contributed by atoms with Crippen molar-refractivity contribution < 1.29 is 19.5 Å². The topological polar surface area (TPSA) is 95.5 Å². The predicted octanol–water partition coefficient (Wildman–Crippen LogP) is 3.72. The van der Waals surface area contributed by atoms with Crippen LogP contribution in [0.4, 0.5) is 5.69 Å². The Bertz CT molecular complexity index is 816. The summed E-state index contributed by atoms with van der Waals surface area (Å²) >= 11 is 0. The number of nitrogens with one attached hydrogen (secondary N) is 2. The Hall–Kier alpha value is -3.15. The van der Waals surface area contributed by atoms with Crippen molar-refractivity contribution in [3.05, 3.63) is 65.7 Å². The molecule has 6 nitrogen and oxygen atoms in total. The second-order valence-corrected chi connectivity index (χ2v) is 7.18. The Balaban J connectivity index is 2.16. The van der Waals surface area contributed by atoms with Gasteiger partial charge in [-0.2, -0.15) is 0 Å². The number of benzene rings is 2. The number of aliphatic carboxylic acids is 1. The van der Waals surface area contributed by atoms with Crippen LogP contribution in [0.1, 0.15) is 50.3 Å². The van der Waals surface area contributed by atoms with E-state index in [1.807, 2.05) is 32.0 Å². The van der Waals surface area contributed by atoms with Crippen LogP contribution in [0.5, 0.6) is 0 Å². The first-order chi connectivity index (χ1) is 13.3. The quantitative estimate of drug-likeness (QED) is 0.648. The maximum Gasteiger partial charge on any atom is 0.310 e. The zero-order valence-corrected chi connectivity index (χ0v) is 16.3. The molecule has 148 valence electrons. The van der Waals surface area contributed by atoms with Crippen LogP contribution in [0.15, 0.2) is 54.6 Å². The highest BCUT2D eigenvalue weighted by Gasteiger charge is 2.23. The van der Waals surface area contributed by atoms with Gasteiger partial charge in [-0.25, -0.2) is 0 Å². The van der Waals surface area contributed by atoms with E-state index in [4.69, 9.17) is 5.11 Å². The number of carbonyl (C=O) groups excluding carboxylic acids is 2. The molecule has 0 saturated carbocycles. The third-order valence-electron chi connectivity index (χ3n) is 4.34. The molecule has 0 aromatic heterocycles. The van der Waals surface area contributed by atoms with Gasteiger partial charge in [-0.3, -0.25) is 14.4 Å². The van der Waals surface area contributed by atoms with E-state index < -0.39 is 17.9 Å². The highest BCUT2D eigenvalue weighted by atomic mass is 16.4. The van der Waals surface area contributed by atoms with Crippen molar-refractivity contribution in [3.63, 3.8) is 0 Å². The van der Waals surface area contributed by atoms with Crippen LogP contribution in [-0.4, -0.2) is 22.9 Å². The van der Waals surface area contributed by atoms with E-state index in [0.29, 0.717) is 23.2 Å². The summed E-state index contributed by atoms with van der Waals surface area (Å²) in [5, 5.41) is 14.7. The minimum atomic E-state index is -0.909. The van der Waals surface area contributed by atoms with Gasteiger partial charge in [0.15, 0.2) is 0 Å². The fourth-order valence-corrected chi connectivity index (χ4v) is 2.75. The first-order valence-corrected chi connectivity index (χ1v) is 9.26. The predicted molar refractivity (Wildman–Crippen MR) is 108 cm³/mol. The first kappa shape index (κ1) is 21.2. The van der Waals surface area contributed by atoms with Crippen molar-refractivity contribution in [1.29, 1.82) is 0 Å². The number of rotatable bonds is 8. The number of hydrogen-bond acceptors (Lipinski definition) is 3. The molecule has 6 heteroatoms. The molecular formula is C22H26N2O4. The third kappa shape index (κ3) is 5.94. The maximum atomic E-state index is 12.8. The molecule has 2 aromatic rings. The molecule has 0 aliphatic heterocycles. The Kier molecular flexibility index (Phi) is 7.32. The van der Waals surface area contributed by atoms with Crippen LogP contribution in [0.2, 0.25) is 0 Å². The summed E-state index contributed by atoms with van der Waals surface area (Å²) in [6.45, 7) is 5.49. The van der Waals surface area contributed by atoms with E-state index in [2.05, 4.69) is 10.6 Å². The number of carboxylic acids is 1. The van der Waals surface area contributed by atoms with Gasteiger partial charge >= 0.3 is 5.97 Å². The molecule has 0 aliphatic carbocycles. The van der Waals surface area contributed by atoms with E-state index in [0.717, 1.165) is 0 Å². The number of carboxylic acid groups (broad SMARTS) is 1. The summed E-state index contributed by atoms with van der Waals surface area (Å²) in [7, 11) is 0. The molecule has 0 bridgehead atoms. The van der Waals surface area contributed by atoms with Crippen molar-refractivity contribution in [3.8, 4) is 0 Å². The van der Waals surface area contributed by atoms with Crippen LogP contribution in [0, 0.1) is 5.92 Å². The summed E-state index contributed by atoms with van der Waals surface area (Å²) in [5.74, 6) is -1.90. The Morgan fingerprint density at radius 1 is 0.893 bits per heavy atom. The normalized spacial score (nSPS) is 12.9. The van der Waals surface area contributed by atoms with Crippen LogP contribution in [-0.2, 0) is 14.4 Å². The van der Waals surface area contributed by atoms with Gasteiger partial charge in [0, 0.05) is 12.1 Å². The molecule has 0 spiro atoms. The fourth-order valence-electron chi connectivity index (χ4n) is 2.75. The summed E-state index contributed by atoms with van der Waals surface area (Å²) in [5.41, 5.74) is 1.87. The smallest absolute Gasteiger partial charge is 0.310 e. The summed E-state index contributed by atoms with van der Waals surface area (Å²) in [6, 6.07) is 14.9. The molecule has 28 heavy (non-hydrogen) atoms. The van der Waals surface area contributed by atoms with Crippen LogP contribution < -0.4 is 10.6 Å². The molecule has 0 heterocycles.